The minimum atomic E-state index is 0.856. The first-order chi connectivity index (χ1) is 10.1. The lowest BCUT2D eigenvalue weighted by Gasteiger charge is -2.12. The molecule has 0 aliphatic heterocycles. The van der Waals surface area contributed by atoms with Crippen molar-refractivity contribution in [2.45, 2.75) is 33.7 Å². The quantitative estimate of drug-likeness (QED) is 0.710. The van der Waals surface area contributed by atoms with Gasteiger partial charge in [-0.25, -0.2) is 0 Å². The zero-order valence-corrected chi connectivity index (χ0v) is 14.5. The third-order valence-corrected chi connectivity index (χ3v) is 4.29. The maximum absolute atomic E-state index is 6.00. The molecule has 0 amide bonds. The summed E-state index contributed by atoms with van der Waals surface area (Å²) in [6.07, 6.45) is 1.14. The van der Waals surface area contributed by atoms with E-state index in [0.717, 1.165) is 35.5 Å². The molecule has 112 valence electrons. The second-order valence-corrected chi connectivity index (χ2v) is 6.08. The summed E-state index contributed by atoms with van der Waals surface area (Å²) in [4.78, 5) is 0. The van der Waals surface area contributed by atoms with Crippen LogP contribution in [0.15, 0.2) is 40.9 Å². The van der Waals surface area contributed by atoms with Gasteiger partial charge in [0.25, 0.3) is 0 Å². The van der Waals surface area contributed by atoms with Crippen molar-refractivity contribution in [2.24, 2.45) is 0 Å². The summed E-state index contributed by atoms with van der Waals surface area (Å²) in [7, 11) is 0. The molecule has 0 fully saturated rings. The van der Waals surface area contributed by atoms with Crippen LogP contribution in [0.3, 0.4) is 0 Å². The molecule has 0 heterocycles. The van der Waals surface area contributed by atoms with Crippen LogP contribution in [0.1, 0.15) is 30.0 Å². The van der Waals surface area contributed by atoms with Gasteiger partial charge in [0.15, 0.2) is 0 Å². The number of hydrogen-bond donors (Lipinski definition) is 1. The first-order valence-electron chi connectivity index (χ1n) is 7.35. The molecule has 21 heavy (non-hydrogen) atoms. The van der Waals surface area contributed by atoms with E-state index in [0.29, 0.717) is 0 Å². The van der Waals surface area contributed by atoms with Crippen molar-refractivity contribution in [2.75, 3.05) is 6.54 Å². The molecule has 2 rings (SSSR count). The number of halogens is 1. The van der Waals surface area contributed by atoms with Gasteiger partial charge in [0, 0.05) is 11.0 Å². The van der Waals surface area contributed by atoms with E-state index < -0.39 is 0 Å². The van der Waals surface area contributed by atoms with Gasteiger partial charge < -0.3 is 10.1 Å². The first kappa shape index (κ1) is 16.1. The molecule has 1 N–H and O–H groups in total. The number of rotatable bonds is 6. The first-order valence-corrected chi connectivity index (χ1v) is 8.14. The van der Waals surface area contributed by atoms with E-state index >= 15 is 0 Å². The second-order valence-electron chi connectivity index (χ2n) is 5.23. The highest BCUT2D eigenvalue weighted by Gasteiger charge is 2.06. The van der Waals surface area contributed by atoms with Crippen molar-refractivity contribution in [3.05, 3.63) is 57.6 Å². The van der Waals surface area contributed by atoms with E-state index in [1.807, 2.05) is 24.3 Å². The van der Waals surface area contributed by atoms with Gasteiger partial charge in [0.05, 0.1) is 0 Å². The SMILES string of the molecule is CCCNCc1ccc(Oc2cccc(C)c2C)cc1Br. The Balaban J connectivity index is 2.11. The Hall–Kier alpha value is -1.32. The molecule has 0 saturated carbocycles. The predicted octanol–water partition coefficient (Wildman–Crippen LogP) is 5.36. The van der Waals surface area contributed by atoms with E-state index in [2.05, 4.69) is 54.2 Å². The maximum Gasteiger partial charge on any atom is 0.130 e. The fraction of sp³-hybridized carbons (Fsp3) is 0.333. The van der Waals surface area contributed by atoms with Gasteiger partial charge in [0.2, 0.25) is 0 Å². The Kier molecular flexibility index (Phi) is 5.83. The third-order valence-electron chi connectivity index (χ3n) is 3.55. The van der Waals surface area contributed by atoms with Gasteiger partial charge in [-0.1, -0.05) is 41.1 Å². The van der Waals surface area contributed by atoms with Gasteiger partial charge in [-0.2, -0.15) is 0 Å². The molecule has 0 aliphatic carbocycles. The molecule has 2 aromatic rings. The smallest absolute Gasteiger partial charge is 0.130 e. The van der Waals surface area contributed by atoms with E-state index in [1.54, 1.807) is 0 Å². The normalized spacial score (nSPS) is 10.7. The topological polar surface area (TPSA) is 21.3 Å². The molecule has 0 saturated heterocycles. The molecule has 0 radical (unpaired) electrons. The zero-order valence-electron chi connectivity index (χ0n) is 12.9. The van der Waals surface area contributed by atoms with Crippen LogP contribution in [-0.2, 0) is 6.54 Å². The molecule has 3 heteroatoms. The Morgan fingerprint density at radius 1 is 1.14 bits per heavy atom. The average Bonchev–Trinajstić information content (AvgIpc) is 2.46. The fourth-order valence-corrected chi connectivity index (χ4v) is 2.59. The number of benzene rings is 2. The lowest BCUT2D eigenvalue weighted by atomic mass is 10.1. The number of nitrogens with one attached hydrogen (secondary N) is 1. The van der Waals surface area contributed by atoms with Crippen molar-refractivity contribution in [3.8, 4) is 11.5 Å². The van der Waals surface area contributed by atoms with Gasteiger partial charge in [0.1, 0.15) is 11.5 Å². The summed E-state index contributed by atoms with van der Waals surface area (Å²) < 4.78 is 7.08. The van der Waals surface area contributed by atoms with Crippen molar-refractivity contribution in [3.63, 3.8) is 0 Å². The summed E-state index contributed by atoms with van der Waals surface area (Å²) in [5, 5.41) is 3.41. The van der Waals surface area contributed by atoms with E-state index in [4.69, 9.17) is 4.74 Å². The predicted molar refractivity (Wildman–Crippen MR) is 92.1 cm³/mol. The van der Waals surface area contributed by atoms with Crippen LogP contribution >= 0.6 is 15.9 Å². The third kappa shape index (κ3) is 4.32. The standard InChI is InChI=1S/C18H22BrNO/c1-4-10-20-12-15-8-9-16(11-17(15)19)21-18-7-5-6-13(2)14(18)3/h5-9,11,20H,4,10,12H2,1-3H3. The van der Waals surface area contributed by atoms with Crippen LogP contribution in [0.4, 0.5) is 0 Å². The Labute approximate surface area is 135 Å². The molecule has 0 spiro atoms. The largest absolute Gasteiger partial charge is 0.457 e. The maximum atomic E-state index is 6.00. The number of ether oxygens (including phenoxy) is 1. The van der Waals surface area contributed by atoms with Crippen molar-refractivity contribution in [1.29, 1.82) is 0 Å². The molecule has 0 bridgehead atoms. The van der Waals surface area contributed by atoms with E-state index in [1.165, 1.54) is 16.7 Å². The molecular weight excluding hydrogens is 326 g/mol. The van der Waals surface area contributed by atoms with Crippen LogP contribution in [0.2, 0.25) is 0 Å². The summed E-state index contributed by atoms with van der Waals surface area (Å²) >= 11 is 3.63. The fourth-order valence-electron chi connectivity index (χ4n) is 2.10. The van der Waals surface area contributed by atoms with Gasteiger partial charge in [-0.15, -0.1) is 0 Å². The Morgan fingerprint density at radius 2 is 1.95 bits per heavy atom. The Bertz CT molecular complexity index is 610. The van der Waals surface area contributed by atoms with Crippen molar-refractivity contribution in [1.82, 2.24) is 5.32 Å². The highest BCUT2D eigenvalue weighted by atomic mass is 79.9. The second kappa shape index (κ2) is 7.62. The molecule has 0 aliphatic rings. The van der Waals surface area contributed by atoms with E-state index in [-0.39, 0.29) is 0 Å². The molecule has 0 atom stereocenters. The summed E-state index contributed by atoms with van der Waals surface area (Å²) in [5.74, 6) is 1.77. The highest BCUT2D eigenvalue weighted by Crippen LogP contribution is 2.30. The number of aryl methyl sites for hydroxylation is 1. The van der Waals surface area contributed by atoms with Gasteiger partial charge >= 0.3 is 0 Å². The summed E-state index contributed by atoms with van der Waals surface area (Å²) in [6, 6.07) is 12.3. The lowest BCUT2D eigenvalue weighted by Crippen LogP contribution is -2.14. The summed E-state index contributed by atoms with van der Waals surface area (Å²) in [6.45, 7) is 8.26. The number of hydrogen-bond acceptors (Lipinski definition) is 2. The molecule has 0 aromatic heterocycles. The van der Waals surface area contributed by atoms with Crippen LogP contribution in [0, 0.1) is 13.8 Å². The Morgan fingerprint density at radius 3 is 2.67 bits per heavy atom. The van der Waals surface area contributed by atoms with Crippen molar-refractivity contribution >= 4 is 15.9 Å². The minimum Gasteiger partial charge on any atom is -0.457 e. The minimum absolute atomic E-state index is 0.856. The summed E-state index contributed by atoms with van der Waals surface area (Å²) in [5.41, 5.74) is 3.67. The molecular formula is C18H22BrNO. The van der Waals surface area contributed by atoms with Crippen molar-refractivity contribution < 1.29 is 4.74 Å². The molecule has 2 nitrogen and oxygen atoms in total. The monoisotopic (exact) mass is 347 g/mol. The zero-order chi connectivity index (χ0) is 15.2. The van der Waals surface area contributed by atoms with Crippen LogP contribution < -0.4 is 10.1 Å². The van der Waals surface area contributed by atoms with Crippen LogP contribution in [-0.4, -0.2) is 6.54 Å². The van der Waals surface area contributed by atoms with Crippen LogP contribution in [0.25, 0.3) is 0 Å². The average molecular weight is 348 g/mol. The van der Waals surface area contributed by atoms with E-state index in [9.17, 15) is 0 Å². The molecule has 0 unspecified atom stereocenters. The lowest BCUT2D eigenvalue weighted by molar-refractivity contribution is 0.477. The van der Waals surface area contributed by atoms with Gasteiger partial charge in [-0.3, -0.25) is 0 Å². The van der Waals surface area contributed by atoms with Crippen LogP contribution in [0.5, 0.6) is 11.5 Å². The highest BCUT2D eigenvalue weighted by molar-refractivity contribution is 9.10. The molecule has 2 aromatic carbocycles. The van der Waals surface area contributed by atoms with Gasteiger partial charge in [-0.05, 0) is 61.7 Å².